The Kier molecular flexibility index (Phi) is 5.54. The van der Waals surface area contributed by atoms with Crippen molar-refractivity contribution in [3.63, 3.8) is 0 Å². The zero-order valence-corrected chi connectivity index (χ0v) is 24.0. The smallest absolute Gasteiger partial charge is 0.0471 e. The molecule has 0 aliphatic carbocycles. The molecule has 9 rings (SSSR count). The summed E-state index contributed by atoms with van der Waals surface area (Å²) in [5.41, 5.74) is 14.5. The fraction of sp³-hybridized carbons (Fsp3) is 0. The maximum absolute atomic E-state index is 3.63. The molecule has 2 heterocycles. The molecule has 0 spiro atoms. The van der Waals surface area contributed by atoms with Crippen molar-refractivity contribution in [3.05, 3.63) is 158 Å². The van der Waals surface area contributed by atoms with E-state index in [1.807, 2.05) is 0 Å². The number of para-hydroxylation sites is 2. The average molecular weight is 561 g/mol. The molecular weight excluding hydrogens is 532 g/mol. The predicted octanol–water partition coefficient (Wildman–Crippen LogP) is 11.6. The summed E-state index contributed by atoms with van der Waals surface area (Å²) in [5, 5.41) is 5.02. The number of rotatable bonds is 4. The number of aromatic nitrogens is 2. The van der Waals surface area contributed by atoms with E-state index in [1.165, 1.54) is 66.1 Å². The Morgan fingerprint density at radius 2 is 0.500 bits per heavy atom. The summed E-state index contributed by atoms with van der Waals surface area (Å²) in [6.45, 7) is 0. The topological polar surface area (TPSA) is 31.6 Å². The van der Waals surface area contributed by atoms with Crippen LogP contribution in [0.3, 0.4) is 0 Å². The SMILES string of the molecule is c1ccc(-c2ccccc2-c2cccc3[nH]c4ccccc4c23)c(-c2ccccc2-c2cccc3[nH]c4ccccc4c23)c1. The van der Waals surface area contributed by atoms with Gasteiger partial charge in [-0.25, -0.2) is 0 Å². The molecule has 2 heteroatoms. The lowest BCUT2D eigenvalue weighted by atomic mass is 9.85. The average Bonchev–Trinajstić information content (AvgIpc) is 3.67. The molecule has 0 saturated carbocycles. The van der Waals surface area contributed by atoms with E-state index >= 15 is 0 Å². The molecule has 0 bridgehead atoms. The van der Waals surface area contributed by atoms with Crippen LogP contribution in [0.25, 0.3) is 88.1 Å². The fourth-order valence-electron chi connectivity index (χ4n) is 7.11. The second kappa shape index (κ2) is 9.86. The van der Waals surface area contributed by atoms with Gasteiger partial charge in [0.1, 0.15) is 0 Å². The second-order valence-electron chi connectivity index (χ2n) is 11.4. The van der Waals surface area contributed by atoms with E-state index in [-0.39, 0.29) is 0 Å². The number of H-pyrrole nitrogens is 2. The molecule has 7 aromatic carbocycles. The van der Waals surface area contributed by atoms with Gasteiger partial charge in [0.05, 0.1) is 0 Å². The van der Waals surface area contributed by atoms with Crippen LogP contribution in [0.1, 0.15) is 0 Å². The first-order valence-electron chi connectivity index (χ1n) is 15.1. The van der Waals surface area contributed by atoms with E-state index in [9.17, 15) is 0 Å². The van der Waals surface area contributed by atoms with Crippen molar-refractivity contribution in [2.75, 3.05) is 0 Å². The van der Waals surface area contributed by atoms with Gasteiger partial charge < -0.3 is 9.97 Å². The minimum absolute atomic E-state index is 1.16. The van der Waals surface area contributed by atoms with Gasteiger partial charge in [-0.1, -0.05) is 133 Å². The Hall–Kier alpha value is -5.86. The van der Waals surface area contributed by atoms with Crippen LogP contribution >= 0.6 is 0 Å². The summed E-state index contributed by atoms with van der Waals surface area (Å²) in [4.78, 5) is 7.27. The number of benzene rings is 7. The predicted molar refractivity (Wildman–Crippen MR) is 187 cm³/mol. The Balaban J connectivity index is 1.29. The quantitative estimate of drug-likeness (QED) is 0.215. The zero-order valence-electron chi connectivity index (χ0n) is 24.0. The van der Waals surface area contributed by atoms with Crippen molar-refractivity contribution in [1.82, 2.24) is 9.97 Å². The first-order chi connectivity index (χ1) is 21.8. The Morgan fingerprint density at radius 1 is 0.227 bits per heavy atom. The molecule has 0 unspecified atom stereocenters. The van der Waals surface area contributed by atoms with E-state index in [4.69, 9.17) is 0 Å². The lowest BCUT2D eigenvalue weighted by Gasteiger charge is -2.18. The number of hydrogen-bond acceptors (Lipinski definition) is 0. The van der Waals surface area contributed by atoms with Crippen molar-refractivity contribution < 1.29 is 0 Å². The van der Waals surface area contributed by atoms with Crippen LogP contribution in [-0.2, 0) is 0 Å². The summed E-state index contributed by atoms with van der Waals surface area (Å²) in [6.07, 6.45) is 0. The monoisotopic (exact) mass is 560 g/mol. The molecule has 44 heavy (non-hydrogen) atoms. The normalized spacial score (nSPS) is 11.6. The summed E-state index contributed by atoms with van der Waals surface area (Å²) in [6, 6.07) is 56.9. The maximum Gasteiger partial charge on any atom is 0.0471 e. The van der Waals surface area contributed by atoms with Crippen LogP contribution in [0.2, 0.25) is 0 Å². The molecule has 0 atom stereocenters. The van der Waals surface area contributed by atoms with Gasteiger partial charge in [0.25, 0.3) is 0 Å². The highest BCUT2D eigenvalue weighted by atomic mass is 14.7. The van der Waals surface area contributed by atoms with Gasteiger partial charge in [0, 0.05) is 43.6 Å². The van der Waals surface area contributed by atoms with Crippen LogP contribution in [0.4, 0.5) is 0 Å². The van der Waals surface area contributed by atoms with Gasteiger partial charge in [-0.15, -0.1) is 0 Å². The molecule has 2 nitrogen and oxygen atoms in total. The first kappa shape index (κ1) is 24.7. The number of fused-ring (bicyclic) bond motifs is 6. The Bertz CT molecular complexity index is 2330. The van der Waals surface area contributed by atoms with Crippen LogP contribution in [0, 0.1) is 0 Å². The van der Waals surface area contributed by atoms with Gasteiger partial charge in [0.15, 0.2) is 0 Å². The van der Waals surface area contributed by atoms with Gasteiger partial charge in [0.2, 0.25) is 0 Å². The summed E-state index contributed by atoms with van der Waals surface area (Å²) in [5.74, 6) is 0. The molecule has 9 aromatic rings. The van der Waals surface area contributed by atoms with Crippen LogP contribution in [-0.4, -0.2) is 9.97 Å². The molecule has 0 aliphatic rings. The van der Waals surface area contributed by atoms with E-state index < -0.39 is 0 Å². The fourth-order valence-corrected chi connectivity index (χ4v) is 7.11. The number of nitrogens with one attached hydrogen (secondary N) is 2. The summed E-state index contributed by atoms with van der Waals surface area (Å²) < 4.78 is 0. The number of aromatic amines is 2. The minimum atomic E-state index is 1.16. The van der Waals surface area contributed by atoms with Crippen molar-refractivity contribution in [1.29, 1.82) is 0 Å². The van der Waals surface area contributed by atoms with Crippen LogP contribution < -0.4 is 0 Å². The third-order valence-electron chi connectivity index (χ3n) is 9.00. The van der Waals surface area contributed by atoms with Gasteiger partial charge in [-0.05, 0) is 68.8 Å². The Morgan fingerprint density at radius 3 is 0.886 bits per heavy atom. The first-order valence-corrected chi connectivity index (χ1v) is 15.1. The van der Waals surface area contributed by atoms with Crippen LogP contribution in [0.5, 0.6) is 0 Å². The molecule has 0 amide bonds. The highest BCUT2D eigenvalue weighted by Gasteiger charge is 2.19. The van der Waals surface area contributed by atoms with Crippen LogP contribution in [0.15, 0.2) is 158 Å². The second-order valence-corrected chi connectivity index (χ2v) is 11.4. The molecule has 2 N–H and O–H groups in total. The summed E-state index contributed by atoms with van der Waals surface area (Å²) in [7, 11) is 0. The van der Waals surface area contributed by atoms with Crippen molar-refractivity contribution in [2.45, 2.75) is 0 Å². The van der Waals surface area contributed by atoms with Crippen molar-refractivity contribution >= 4 is 43.6 Å². The standard InChI is InChI=1S/C42H28N2/c1-2-14-28(30-16-4-6-18-32(30)34-22-12-26-40-42(34)36-20-8-10-24-38(36)44-40)27(13-1)29-15-3-5-17-31(29)33-21-11-25-39-41(33)35-19-7-9-23-37(35)43-39/h1-26,43-44H. The highest BCUT2D eigenvalue weighted by Crippen LogP contribution is 2.45. The largest absolute Gasteiger partial charge is 0.354 e. The molecule has 0 aliphatic heterocycles. The molecule has 0 fully saturated rings. The zero-order chi connectivity index (χ0) is 29.0. The maximum atomic E-state index is 3.63. The molecule has 0 radical (unpaired) electrons. The molecule has 206 valence electrons. The van der Waals surface area contributed by atoms with E-state index in [0.29, 0.717) is 0 Å². The molecule has 0 saturated heterocycles. The Labute approximate surface area is 255 Å². The molecule has 2 aromatic heterocycles. The number of hydrogen-bond donors (Lipinski definition) is 2. The van der Waals surface area contributed by atoms with Gasteiger partial charge >= 0.3 is 0 Å². The van der Waals surface area contributed by atoms with E-state index in [0.717, 1.165) is 22.1 Å². The third-order valence-corrected chi connectivity index (χ3v) is 9.00. The minimum Gasteiger partial charge on any atom is -0.354 e. The van der Waals surface area contributed by atoms with E-state index in [1.54, 1.807) is 0 Å². The lowest BCUT2D eigenvalue weighted by Crippen LogP contribution is -1.92. The van der Waals surface area contributed by atoms with Gasteiger partial charge in [-0.2, -0.15) is 0 Å². The highest BCUT2D eigenvalue weighted by molar-refractivity contribution is 6.17. The molecular formula is C42H28N2. The summed E-state index contributed by atoms with van der Waals surface area (Å²) >= 11 is 0. The third kappa shape index (κ3) is 3.75. The van der Waals surface area contributed by atoms with Crippen molar-refractivity contribution in [2.24, 2.45) is 0 Å². The van der Waals surface area contributed by atoms with E-state index in [2.05, 4.69) is 168 Å². The lowest BCUT2D eigenvalue weighted by molar-refractivity contribution is 1.54. The van der Waals surface area contributed by atoms with Gasteiger partial charge in [-0.3, -0.25) is 0 Å². The van der Waals surface area contributed by atoms with Crippen molar-refractivity contribution in [3.8, 4) is 44.5 Å².